The van der Waals surface area contributed by atoms with Gasteiger partial charge in [0.25, 0.3) is 0 Å². The van der Waals surface area contributed by atoms with E-state index in [-0.39, 0.29) is 23.2 Å². The SMILES string of the molecule is O=C(NCC1CCCC1O)C(=O)Nc1ccc(F)c(Cl)c1. The average Bonchev–Trinajstić information content (AvgIpc) is 2.85. The van der Waals surface area contributed by atoms with Crippen LogP contribution in [0.3, 0.4) is 0 Å². The summed E-state index contributed by atoms with van der Waals surface area (Å²) in [5.41, 5.74) is 0.238. The lowest BCUT2D eigenvalue weighted by molar-refractivity contribution is -0.136. The van der Waals surface area contributed by atoms with Crippen molar-refractivity contribution in [2.75, 3.05) is 11.9 Å². The fourth-order valence-corrected chi connectivity index (χ4v) is 2.50. The van der Waals surface area contributed by atoms with Crippen molar-refractivity contribution in [2.45, 2.75) is 25.4 Å². The van der Waals surface area contributed by atoms with E-state index in [1.165, 1.54) is 12.1 Å². The molecule has 0 spiro atoms. The zero-order valence-corrected chi connectivity index (χ0v) is 12.0. The van der Waals surface area contributed by atoms with Crippen molar-refractivity contribution in [3.8, 4) is 0 Å². The predicted octanol–water partition coefficient (Wildman–Crippen LogP) is 1.69. The Bertz CT molecular complexity index is 553. The Labute approximate surface area is 126 Å². The monoisotopic (exact) mass is 314 g/mol. The summed E-state index contributed by atoms with van der Waals surface area (Å²) >= 11 is 5.59. The molecule has 0 aromatic heterocycles. The van der Waals surface area contributed by atoms with Gasteiger partial charge in [-0.25, -0.2) is 4.39 Å². The van der Waals surface area contributed by atoms with Crippen molar-refractivity contribution in [1.29, 1.82) is 0 Å². The molecule has 2 rings (SSSR count). The van der Waals surface area contributed by atoms with Gasteiger partial charge in [0.1, 0.15) is 5.82 Å². The highest BCUT2D eigenvalue weighted by Crippen LogP contribution is 2.24. The van der Waals surface area contributed by atoms with E-state index in [2.05, 4.69) is 10.6 Å². The van der Waals surface area contributed by atoms with Crippen LogP contribution in [-0.2, 0) is 9.59 Å². The predicted molar refractivity (Wildman–Crippen MR) is 76.4 cm³/mol. The van der Waals surface area contributed by atoms with Gasteiger partial charge in [-0.1, -0.05) is 18.0 Å². The molecule has 0 radical (unpaired) electrons. The molecular formula is C14H16ClFN2O3. The highest BCUT2D eigenvalue weighted by Gasteiger charge is 2.26. The second-order valence-corrected chi connectivity index (χ2v) is 5.46. The van der Waals surface area contributed by atoms with Crippen LogP contribution in [0.2, 0.25) is 5.02 Å². The van der Waals surface area contributed by atoms with Gasteiger partial charge in [0, 0.05) is 18.2 Å². The van der Waals surface area contributed by atoms with E-state index in [1.54, 1.807) is 0 Å². The van der Waals surface area contributed by atoms with Crippen LogP contribution in [0.15, 0.2) is 18.2 Å². The summed E-state index contributed by atoms with van der Waals surface area (Å²) in [7, 11) is 0. The van der Waals surface area contributed by atoms with Crippen LogP contribution < -0.4 is 10.6 Å². The molecule has 114 valence electrons. The van der Waals surface area contributed by atoms with E-state index in [9.17, 15) is 19.1 Å². The number of nitrogens with one attached hydrogen (secondary N) is 2. The van der Waals surface area contributed by atoms with E-state index in [4.69, 9.17) is 11.6 Å². The molecule has 1 aliphatic rings. The molecule has 7 heteroatoms. The molecule has 2 unspecified atom stereocenters. The number of amides is 2. The van der Waals surface area contributed by atoms with Gasteiger partial charge in [-0.05, 0) is 31.0 Å². The fourth-order valence-electron chi connectivity index (χ4n) is 2.32. The Hall–Kier alpha value is -1.66. The van der Waals surface area contributed by atoms with Gasteiger partial charge in [0.05, 0.1) is 11.1 Å². The average molecular weight is 315 g/mol. The lowest BCUT2D eigenvalue weighted by Gasteiger charge is -2.14. The second-order valence-electron chi connectivity index (χ2n) is 5.05. The maximum Gasteiger partial charge on any atom is 0.313 e. The maximum atomic E-state index is 13.0. The van der Waals surface area contributed by atoms with Crippen LogP contribution >= 0.6 is 11.6 Å². The van der Waals surface area contributed by atoms with Crippen LogP contribution in [0.5, 0.6) is 0 Å². The molecule has 5 nitrogen and oxygen atoms in total. The number of benzene rings is 1. The first-order chi connectivity index (χ1) is 9.97. The lowest BCUT2D eigenvalue weighted by atomic mass is 10.1. The summed E-state index contributed by atoms with van der Waals surface area (Å²) in [5, 5.41) is 14.3. The number of carbonyl (C=O) groups excluding carboxylic acids is 2. The quantitative estimate of drug-likeness (QED) is 0.743. The Kier molecular flexibility index (Phi) is 5.14. The number of hydrogen-bond donors (Lipinski definition) is 3. The molecule has 0 heterocycles. The molecular weight excluding hydrogens is 299 g/mol. The van der Waals surface area contributed by atoms with Crippen molar-refractivity contribution < 1.29 is 19.1 Å². The number of anilines is 1. The summed E-state index contributed by atoms with van der Waals surface area (Å²) < 4.78 is 13.0. The third-order valence-corrected chi connectivity index (χ3v) is 3.82. The van der Waals surface area contributed by atoms with Crippen LogP contribution in [-0.4, -0.2) is 29.6 Å². The molecule has 3 N–H and O–H groups in total. The minimum absolute atomic E-state index is 0.0120. The molecule has 1 aromatic carbocycles. The highest BCUT2D eigenvalue weighted by molar-refractivity contribution is 6.39. The molecule has 0 saturated heterocycles. The van der Waals surface area contributed by atoms with E-state index in [0.29, 0.717) is 0 Å². The van der Waals surface area contributed by atoms with Gasteiger partial charge in [-0.15, -0.1) is 0 Å². The Balaban J connectivity index is 1.84. The summed E-state index contributed by atoms with van der Waals surface area (Å²) in [5.74, 6) is -2.27. The van der Waals surface area contributed by atoms with Crippen LogP contribution in [0.1, 0.15) is 19.3 Å². The van der Waals surface area contributed by atoms with Crippen LogP contribution in [0.4, 0.5) is 10.1 Å². The normalized spacial score (nSPS) is 21.1. The highest BCUT2D eigenvalue weighted by atomic mass is 35.5. The lowest BCUT2D eigenvalue weighted by Crippen LogP contribution is -2.39. The number of aliphatic hydroxyl groups excluding tert-OH is 1. The first-order valence-corrected chi connectivity index (χ1v) is 7.07. The minimum atomic E-state index is -0.856. The number of hydrogen-bond acceptors (Lipinski definition) is 3. The zero-order chi connectivity index (χ0) is 15.4. The van der Waals surface area contributed by atoms with Gasteiger partial charge >= 0.3 is 11.8 Å². The van der Waals surface area contributed by atoms with E-state index >= 15 is 0 Å². The summed E-state index contributed by atoms with van der Waals surface area (Å²) in [6.07, 6.45) is 2.05. The van der Waals surface area contributed by atoms with Gasteiger partial charge in [-0.2, -0.15) is 0 Å². The summed E-state index contributed by atoms with van der Waals surface area (Å²) in [6.45, 7) is 0.262. The zero-order valence-electron chi connectivity index (χ0n) is 11.2. The topological polar surface area (TPSA) is 78.4 Å². The van der Waals surface area contributed by atoms with E-state index in [1.807, 2.05) is 0 Å². The van der Waals surface area contributed by atoms with Crippen molar-refractivity contribution in [2.24, 2.45) is 5.92 Å². The smallest absolute Gasteiger partial charge is 0.313 e. The molecule has 1 saturated carbocycles. The number of halogens is 2. The first kappa shape index (κ1) is 15.7. The van der Waals surface area contributed by atoms with Crippen LogP contribution in [0, 0.1) is 11.7 Å². The molecule has 1 fully saturated rings. The van der Waals surface area contributed by atoms with Crippen molar-refractivity contribution in [1.82, 2.24) is 5.32 Å². The Morgan fingerprint density at radius 3 is 2.71 bits per heavy atom. The van der Waals surface area contributed by atoms with E-state index in [0.717, 1.165) is 25.3 Å². The first-order valence-electron chi connectivity index (χ1n) is 6.69. The third kappa shape index (κ3) is 4.15. The van der Waals surface area contributed by atoms with Gasteiger partial charge in [-0.3, -0.25) is 9.59 Å². The number of carbonyl (C=O) groups is 2. The van der Waals surface area contributed by atoms with Crippen molar-refractivity contribution in [3.63, 3.8) is 0 Å². The fraction of sp³-hybridized carbons (Fsp3) is 0.429. The Morgan fingerprint density at radius 1 is 1.33 bits per heavy atom. The largest absolute Gasteiger partial charge is 0.393 e. The molecule has 2 atom stereocenters. The van der Waals surface area contributed by atoms with Gasteiger partial charge in [0.2, 0.25) is 0 Å². The van der Waals surface area contributed by atoms with Crippen molar-refractivity contribution >= 4 is 29.1 Å². The number of rotatable bonds is 3. The number of aliphatic hydroxyl groups is 1. The summed E-state index contributed by atoms with van der Waals surface area (Å²) in [4.78, 5) is 23.3. The molecule has 0 aliphatic heterocycles. The molecule has 21 heavy (non-hydrogen) atoms. The van der Waals surface area contributed by atoms with Gasteiger partial charge in [0.15, 0.2) is 0 Å². The molecule has 1 aliphatic carbocycles. The molecule has 0 bridgehead atoms. The standard InChI is InChI=1S/C14H16ClFN2O3/c15-10-6-9(4-5-11(10)16)18-14(21)13(20)17-7-8-2-1-3-12(8)19/h4-6,8,12,19H,1-3,7H2,(H,17,20)(H,18,21). The van der Waals surface area contributed by atoms with Crippen LogP contribution in [0.25, 0.3) is 0 Å². The van der Waals surface area contributed by atoms with E-state index < -0.39 is 23.7 Å². The minimum Gasteiger partial charge on any atom is -0.393 e. The third-order valence-electron chi connectivity index (χ3n) is 3.53. The Morgan fingerprint density at radius 2 is 2.10 bits per heavy atom. The maximum absolute atomic E-state index is 13.0. The summed E-state index contributed by atoms with van der Waals surface area (Å²) in [6, 6.07) is 3.64. The molecule has 2 amide bonds. The van der Waals surface area contributed by atoms with Crippen molar-refractivity contribution in [3.05, 3.63) is 29.0 Å². The second kappa shape index (κ2) is 6.87. The van der Waals surface area contributed by atoms with Gasteiger partial charge < -0.3 is 15.7 Å². The molecule has 1 aromatic rings.